The second kappa shape index (κ2) is 4.43. The standard InChI is InChI=1S/C16H22N2/c1-11-4-5-14-12(2)16(18(3)15(14)10-11)13-6-8-17-9-7-13/h4-5,10,13,17H,6-9H2,1-3H3. The van der Waals surface area contributed by atoms with E-state index >= 15 is 0 Å². The first kappa shape index (κ1) is 11.8. The molecule has 0 radical (unpaired) electrons. The molecule has 18 heavy (non-hydrogen) atoms. The lowest BCUT2D eigenvalue weighted by Crippen LogP contribution is -2.27. The Balaban J connectivity index is 2.16. The predicted octanol–water partition coefficient (Wildman–Crippen LogP) is 3.26. The van der Waals surface area contributed by atoms with Crippen molar-refractivity contribution in [2.24, 2.45) is 7.05 Å². The first-order valence-electron chi connectivity index (χ1n) is 6.94. The summed E-state index contributed by atoms with van der Waals surface area (Å²) in [5, 5.41) is 4.88. The number of piperidine rings is 1. The number of nitrogens with one attached hydrogen (secondary N) is 1. The van der Waals surface area contributed by atoms with Gasteiger partial charge in [-0.15, -0.1) is 0 Å². The maximum Gasteiger partial charge on any atom is 0.0485 e. The van der Waals surface area contributed by atoms with Crippen LogP contribution in [0, 0.1) is 13.8 Å². The number of aryl methyl sites for hydroxylation is 3. The monoisotopic (exact) mass is 242 g/mol. The second-order valence-electron chi connectivity index (χ2n) is 5.61. The third kappa shape index (κ3) is 1.76. The maximum atomic E-state index is 3.46. The molecule has 0 bridgehead atoms. The molecule has 0 atom stereocenters. The summed E-state index contributed by atoms with van der Waals surface area (Å²) >= 11 is 0. The molecular formula is C16H22N2. The lowest BCUT2D eigenvalue weighted by atomic mass is 9.92. The molecule has 1 aromatic carbocycles. The van der Waals surface area contributed by atoms with Gasteiger partial charge >= 0.3 is 0 Å². The van der Waals surface area contributed by atoms with Gasteiger partial charge < -0.3 is 9.88 Å². The van der Waals surface area contributed by atoms with Crippen LogP contribution in [0.3, 0.4) is 0 Å². The lowest BCUT2D eigenvalue weighted by molar-refractivity contribution is 0.445. The Labute approximate surface area is 109 Å². The van der Waals surface area contributed by atoms with Gasteiger partial charge in [-0.05, 0) is 57.0 Å². The van der Waals surface area contributed by atoms with Crippen molar-refractivity contribution in [2.75, 3.05) is 13.1 Å². The summed E-state index contributed by atoms with van der Waals surface area (Å²) in [6, 6.07) is 6.82. The number of hydrogen-bond donors (Lipinski definition) is 1. The Morgan fingerprint density at radius 1 is 1.17 bits per heavy atom. The van der Waals surface area contributed by atoms with Crippen molar-refractivity contribution in [1.82, 2.24) is 9.88 Å². The van der Waals surface area contributed by atoms with E-state index in [0.717, 1.165) is 19.0 Å². The van der Waals surface area contributed by atoms with Crippen LogP contribution in [0.25, 0.3) is 10.9 Å². The summed E-state index contributed by atoms with van der Waals surface area (Å²) in [6.45, 7) is 6.77. The van der Waals surface area contributed by atoms with Gasteiger partial charge in [-0.3, -0.25) is 0 Å². The van der Waals surface area contributed by atoms with Gasteiger partial charge in [-0.2, -0.15) is 0 Å². The van der Waals surface area contributed by atoms with Crippen molar-refractivity contribution in [2.45, 2.75) is 32.6 Å². The fraction of sp³-hybridized carbons (Fsp3) is 0.500. The Kier molecular flexibility index (Phi) is 2.90. The normalized spacial score (nSPS) is 17.5. The van der Waals surface area contributed by atoms with Crippen molar-refractivity contribution < 1.29 is 0 Å². The highest BCUT2D eigenvalue weighted by atomic mass is 15.0. The largest absolute Gasteiger partial charge is 0.347 e. The zero-order chi connectivity index (χ0) is 12.7. The maximum absolute atomic E-state index is 3.46. The highest BCUT2D eigenvalue weighted by molar-refractivity contribution is 5.86. The molecule has 3 rings (SSSR count). The van der Waals surface area contributed by atoms with E-state index in [2.05, 4.69) is 49.0 Å². The average Bonchev–Trinajstić information content (AvgIpc) is 2.63. The summed E-state index contributed by atoms with van der Waals surface area (Å²) < 4.78 is 2.42. The molecule has 1 N–H and O–H groups in total. The fourth-order valence-corrected chi connectivity index (χ4v) is 3.43. The molecule has 0 amide bonds. The van der Waals surface area contributed by atoms with Crippen LogP contribution >= 0.6 is 0 Å². The molecular weight excluding hydrogens is 220 g/mol. The Morgan fingerprint density at radius 3 is 2.61 bits per heavy atom. The van der Waals surface area contributed by atoms with E-state index in [4.69, 9.17) is 0 Å². The van der Waals surface area contributed by atoms with E-state index < -0.39 is 0 Å². The third-order valence-corrected chi connectivity index (χ3v) is 4.39. The highest BCUT2D eigenvalue weighted by Crippen LogP contribution is 2.34. The highest BCUT2D eigenvalue weighted by Gasteiger charge is 2.22. The van der Waals surface area contributed by atoms with Crippen LogP contribution < -0.4 is 5.32 Å². The first-order chi connectivity index (χ1) is 8.68. The van der Waals surface area contributed by atoms with E-state index in [-0.39, 0.29) is 0 Å². The molecule has 1 aliphatic rings. The predicted molar refractivity (Wildman–Crippen MR) is 77.2 cm³/mol. The van der Waals surface area contributed by atoms with Crippen LogP contribution in [0.5, 0.6) is 0 Å². The zero-order valence-electron chi connectivity index (χ0n) is 11.6. The number of aromatic nitrogens is 1. The minimum absolute atomic E-state index is 0.726. The van der Waals surface area contributed by atoms with E-state index in [9.17, 15) is 0 Å². The van der Waals surface area contributed by atoms with Gasteiger partial charge in [-0.25, -0.2) is 0 Å². The quantitative estimate of drug-likeness (QED) is 0.812. The number of hydrogen-bond acceptors (Lipinski definition) is 1. The molecule has 1 aliphatic heterocycles. The summed E-state index contributed by atoms with van der Waals surface area (Å²) in [7, 11) is 2.23. The summed E-state index contributed by atoms with van der Waals surface area (Å²) in [5.41, 5.74) is 5.78. The zero-order valence-corrected chi connectivity index (χ0v) is 11.6. The number of fused-ring (bicyclic) bond motifs is 1. The molecule has 1 fully saturated rings. The van der Waals surface area contributed by atoms with Gasteiger partial charge in [0.05, 0.1) is 0 Å². The van der Waals surface area contributed by atoms with E-state index in [1.54, 1.807) is 5.69 Å². The Bertz CT molecular complexity index is 574. The molecule has 1 aromatic heterocycles. The SMILES string of the molecule is Cc1ccc2c(C)c(C3CCNCC3)n(C)c2c1. The van der Waals surface area contributed by atoms with Crippen LogP contribution in [0.4, 0.5) is 0 Å². The first-order valence-corrected chi connectivity index (χ1v) is 6.94. The smallest absolute Gasteiger partial charge is 0.0485 e. The molecule has 0 spiro atoms. The minimum atomic E-state index is 0.726. The van der Waals surface area contributed by atoms with Crippen LogP contribution in [0.15, 0.2) is 18.2 Å². The van der Waals surface area contributed by atoms with Gasteiger partial charge in [0.1, 0.15) is 0 Å². The molecule has 0 unspecified atom stereocenters. The molecule has 2 aromatic rings. The van der Waals surface area contributed by atoms with Crippen molar-refractivity contribution in [3.05, 3.63) is 35.0 Å². The van der Waals surface area contributed by atoms with Crippen LogP contribution in [-0.2, 0) is 7.05 Å². The van der Waals surface area contributed by atoms with Gasteiger partial charge in [0.2, 0.25) is 0 Å². The van der Waals surface area contributed by atoms with E-state index in [1.807, 2.05) is 0 Å². The van der Waals surface area contributed by atoms with Gasteiger partial charge in [0.15, 0.2) is 0 Å². The van der Waals surface area contributed by atoms with Gasteiger partial charge in [0.25, 0.3) is 0 Å². The average molecular weight is 242 g/mol. The summed E-state index contributed by atoms with van der Waals surface area (Å²) in [4.78, 5) is 0. The van der Waals surface area contributed by atoms with Crippen LogP contribution in [-0.4, -0.2) is 17.7 Å². The van der Waals surface area contributed by atoms with Crippen molar-refractivity contribution in [3.63, 3.8) is 0 Å². The fourth-order valence-electron chi connectivity index (χ4n) is 3.43. The van der Waals surface area contributed by atoms with E-state index in [1.165, 1.54) is 34.9 Å². The molecule has 0 saturated carbocycles. The van der Waals surface area contributed by atoms with Crippen molar-refractivity contribution in [1.29, 1.82) is 0 Å². The number of benzene rings is 1. The van der Waals surface area contributed by atoms with Gasteiger partial charge in [0, 0.05) is 29.6 Å². The number of nitrogens with zero attached hydrogens (tertiary/aromatic N) is 1. The van der Waals surface area contributed by atoms with E-state index in [0.29, 0.717) is 0 Å². The topological polar surface area (TPSA) is 17.0 Å². The second-order valence-corrected chi connectivity index (χ2v) is 5.61. The lowest BCUT2D eigenvalue weighted by Gasteiger charge is -2.24. The third-order valence-electron chi connectivity index (χ3n) is 4.39. The molecule has 2 heterocycles. The molecule has 1 saturated heterocycles. The Morgan fingerprint density at radius 2 is 1.89 bits per heavy atom. The molecule has 2 heteroatoms. The van der Waals surface area contributed by atoms with Gasteiger partial charge in [-0.1, -0.05) is 12.1 Å². The minimum Gasteiger partial charge on any atom is -0.347 e. The van der Waals surface area contributed by atoms with Crippen LogP contribution in [0.2, 0.25) is 0 Å². The molecule has 2 nitrogen and oxygen atoms in total. The molecule has 96 valence electrons. The number of rotatable bonds is 1. The molecule has 0 aliphatic carbocycles. The van der Waals surface area contributed by atoms with Crippen LogP contribution in [0.1, 0.15) is 35.6 Å². The summed E-state index contributed by atoms with van der Waals surface area (Å²) in [5.74, 6) is 0.726. The van der Waals surface area contributed by atoms with Crippen molar-refractivity contribution in [3.8, 4) is 0 Å². The van der Waals surface area contributed by atoms with Crippen molar-refractivity contribution >= 4 is 10.9 Å². The Hall–Kier alpha value is -1.28. The summed E-state index contributed by atoms with van der Waals surface area (Å²) in [6.07, 6.45) is 2.54.